The summed E-state index contributed by atoms with van der Waals surface area (Å²) in [5.74, 6) is -1.37. The average molecular weight is 281 g/mol. The third-order valence-corrected chi connectivity index (χ3v) is 2.35. The maximum absolute atomic E-state index is 12.4. The van der Waals surface area contributed by atoms with E-state index < -0.39 is 23.8 Å². The molecule has 1 aromatic rings. The highest BCUT2D eigenvalue weighted by atomic mass is 79.9. The molecule has 0 amide bonds. The maximum Gasteiger partial charge on any atom is 0.354 e. The van der Waals surface area contributed by atoms with E-state index in [2.05, 4.69) is 20.9 Å². The van der Waals surface area contributed by atoms with Gasteiger partial charge in [0, 0.05) is 16.6 Å². The molecule has 0 aromatic carbocycles. The number of nitrogens with zero attached hydrogens (tertiary/aromatic N) is 1. The van der Waals surface area contributed by atoms with Gasteiger partial charge in [-0.25, -0.2) is 18.6 Å². The first kappa shape index (κ1) is 12.0. The number of pyridine rings is 1. The van der Waals surface area contributed by atoms with Gasteiger partial charge in [0.1, 0.15) is 5.69 Å². The van der Waals surface area contributed by atoms with E-state index in [1.165, 1.54) is 6.07 Å². The van der Waals surface area contributed by atoms with Crippen molar-refractivity contribution in [1.82, 2.24) is 4.98 Å². The van der Waals surface area contributed by atoms with Gasteiger partial charge in [0.05, 0.1) is 0 Å². The number of hydrogen-bond donors (Lipinski definition) is 2. The summed E-state index contributed by atoms with van der Waals surface area (Å²) in [5.41, 5.74) is 4.45. The molecule has 0 fully saturated rings. The van der Waals surface area contributed by atoms with Gasteiger partial charge in [-0.2, -0.15) is 0 Å². The number of rotatable bonds is 3. The van der Waals surface area contributed by atoms with Crippen LogP contribution in [0.15, 0.2) is 10.5 Å². The van der Waals surface area contributed by atoms with Crippen molar-refractivity contribution >= 4 is 21.9 Å². The van der Waals surface area contributed by atoms with Gasteiger partial charge in [-0.05, 0) is 22.0 Å². The molecular weight excluding hydrogens is 274 g/mol. The average Bonchev–Trinajstić information content (AvgIpc) is 2.16. The molecule has 0 aliphatic rings. The second-order valence-corrected chi connectivity index (χ2v) is 3.53. The van der Waals surface area contributed by atoms with Crippen LogP contribution in [-0.2, 0) is 6.54 Å². The molecule has 7 heteroatoms. The van der Waals surface area contributed by atoms with E-state index in [1.807, 2.05) is 0 Å². The third kappa shape index (κ3) is 2.48. The van der Waals surface area contributed by atoms with Crippen molar-refractivity contribution in [3.8, 4) is 0 Å². The van der Waals surface area contributed by atoms with E-state index in [0.29, 0.717) is 0 Å². The second-order valence-electron chi connectivity index (χ2n) is 2.67. The molecule has 82 valence electrons. The van der Waals surface area contributed by atoms with Crippen LogP contribution in [0, 0.1) is 0 Å². The molecular formula is C8H7BrF2N2O2. The lowest BCUT2D eigenvalue weighted by atomic mass is 10.1. The first-order valence-electron chi connectivity index (χ1n) is 3.88. The smallest absolute Gasteiger partial charge is 0.354 e. The van der Waals surface area contributed by atoms with Crippen LogP contribution in [0.3, 0.4) is 0 Å². The molecule has 0 aliphatic carbocycles. The summed E-state index contributed by atoms with van der Waals surface area (Å²) in [5, 5.41) is 8.72. The molecule has 0 radical (unpaired) electrons. The van der Waals surface area contributed by atoms with Crippen molar-refractivity contribution in [2.45, 2.75) is 13.0 Å². The maximum atomic E-state index is 12.4. The van der Waals surface area contributed by atoms with Gasteiger partial charge in [-0.15, -0.1) is 0 Å². The number of carboxylic acids is 1. The Bertz CT molecular complexity index is 398. The summed E-state index contributed by atoms with van der Waals surface area (Å²) < 4.78 is 24.8. The van der Waals surface area contributed by atoms with E-state index >= 15 is 0 Å². The van der Waals surface area contributed by atoms with Crippen molar-refractivity contribution in [3.63, 3.8) is 0 Å². The summed E-state index contributed by atoms with van der Waals surface area (Å²) in [6.07, 6.45) is -2.83. The van der Waals surface area contributed by atoms with Crippen LogP contribution in [-0.4, -0.2) is 16.1 Å². The monoisotopic (exact) mass is 280 g/mol. The standard InChI is InChI=1S/C8H7BrF2N2O2/c9-4-1-3(2-12)5(8(14)15)13-6(4)7(10)11/h1,7H,2,12H2,(H,14,15). The van der Waals surface area contributed by atoms with Crippen LogP contribution in [0.4, 0.5) is 8.78 Å². The minimum Gasteiger partial charge on any atom is -0.477 e. The minimum atomic E-state index is -2.83. The Kier molecular flexibility index (Phi) is 3.70. The van der Waals surface area contributed by atoms with Gasteiger partial charge in [0.2, 0.25) is 0 Å². The van der Waals surface area contributed by atoms with Gasteiger partial charge in [0.15, 0.2) is 5.69 Å². The first-order chi connectivity index (χ1) is 6.97. The molecule has 0 saturated heterocycles. The summed E-state index contributed by atoms with van der Waals surface area (Å²) >= 11 is 2.88. The van der Waals surface area contributed by atoms with Gasteiger partial charge in [0.25, 0.3) is 6.43 Å². The SMILES string of the molecule is NCc1cc(Br)c(C(F)F)nc1C(=O)O. The Morgan fingerprint density at radius 2 is 2.27 bits per heavy atom. The summed E-state index contributed by atoms with van der Waals surface area (Å²) in [6.45, 7) is -0.0727. The minimum absolute atomic E-state index is 0.0583. The van der Waals surface area contributed by atoms with Crippen LogP contribution in [0.5, 0.6) is 0 Å². The number of carboxylic acid groups (broad SMARTS) is 1. The molecule has 1 heterocycles. The normalized spacial score (nSPS) is 10.7. The Balaban J connectivity index is 3.37. The topological polar surface area (TPSA) is 76.2 Å². The van der Waals surface area contributed by atoms with Gasteiger partial charge >= 0.3 is 5.97 Å². The number of alkyl halides is 2. The predicted molar refractivity (Wildman–Crippen MR) is 51.7 cm³/mol. The zero-order valence-electron chi connectivity index (χ0n) is 7.38. The van der Waals surface area contributed by atoms with Gasteiger partial charge < -0.3 is 10.8 Å². The molecule has 3 N–H and O–H groups in total. The molecule has 0 atom stereocenters. The molecule has 15 heavy (non-hydrogen) atoms. The van der Waals surface area contributed by atoms with Crippen molar-refractivity contribution in [1.29, 1.82) is 0 Å². The highest BCUT2D eigenvalue weighted by molar-refractivity contribution is 9.10. The molecule has 0 aliphatic heterocycles. The number of nitrogens with two attached hydrogens (primary N) is 1. The van der Waals surface area contributed by atoms with E-state index in [1.54, 1.807) is 0 Å². The zero-order valence-corrected chi connectivity index (χ0v) is 8.96. The number of halogens is 3. The second kappa shape index (κ2) is 4.63. The highest BCUT2D eigenvalue weighted by Crippen LogP contribution is 2.27. The lowest BCUT2D eigenvalue weighted by molar-refractivity contribution is 0.0687. The Morgan fingerprint density at radius 3 is 2.67 bits per heavy atom. The highest BCUT2D eigenvalue weighted by Gasteiger charge is 2.20. The largest absolute Gasteiger partial charge is 0.477 e. The van der Waals surface area contributed by atoms with Gasteiger partial charge in [-0.1, -0.05) is 0 Å². The van der Waals surface area contributed by atoms with Crippen LogP contribution >= 0.6 is 15.9 Å². The predicted octanol–water partition coefficient (Wildman–Crippen LogP) is 1.94. The molecule has 0 saturated carbocycles. The molecule has 0 bridgehead atoms. The van der Waals surface area contributed by atoms with Crippen LogP contribution < -0.4 is 5.73 Å². The fourth-order valence-corrected chi connectivity index (χ4v) is 1.57. The summed E-state index contributed by atoms with van der Waals surface area (Å²) in [7, 11) is 0. The van der Waals surface area contributed by atoms with E-state index in [-0.39, 0.29) is 16.6 Å². The molecule has 0 unspecified atom stereocenters. The third-order valence-electron chi connectivity index (χ3n) is 1.71. The quantitative estimate of drug-likeness (QED) is 0.887. The van der Waals surface area contributed by atoms with Crippen LogP contribution in [0.25, 0.3) is 0 Å². The molecule has 1 rings (SSSR count). The van der Waals surface area contributed by atoms with Crippen LogP contribution in [0.2, 0.25) is 0 Å². The molecule has 1 aromatic heterocycles. The van der Waals surface area contributed by atoms with E-state index in [4.69, 9.17) is 10.8 Å². The number of aromatic nitrogens is 1. The fraction of sp³-hybridized carbons (Fsp3) is 0.250. The lowest BCUT2D eigenvalue weighted by Gasteiger charge is -2.07. The van der Waals surface area contributed by atoms with Gasteiger partial charge in [-0.3, -0.25) is 0 Å². The van der Waals surface area contributed by atoms with Crippen LogP contribution in [0.1, 0.15) is 28.2 Å². The summed E-state index contributed by atoms with van der Waals surface area (Å²) in [4.78, 5) is 14.1. The van der Waals surface area contributed by atoms with E-state index in [0.717, 1.165) is 0 Å². The summed E-state index contributed by atoms with van der Waals surface area (Å²) in [6, 6.07) is 1.25. The molecule has 4 nitrogen and oxygen atoms in total. The van der Waals surface area contributed by atoms with Crippen molar-refractivity contribution in [2.75, 3.05) is 0 Å². The Labute approximate surface area is 92.2 Å². The number of aromatic carboxylic acids is 1. The van der Waals surface area contributed by atoms with Crippen molar-refractivity contribution in [3.05, 3.63) is 27.5 Å². The molecule has 0 spiro atoms. The Hall–Kier alpha value is -1.08. The first-order valence-corrected chi connectivity index (χ1v) is 4.67. The number of carbonyl (C=O) groups is 1. The lowest BCUT2D eigenvalue weighted by Crippen LogP contribution is -2.12. The number of hydrogen-bond acceptors (Lipinski definition) is 3. The van der Waals surface area contributed by atoms with Crippen molar-refractivity contribution in [2.24, 2.45) is 5.73 Å². The zero-order chi connectivity index (χ0) is 11.6. The Morgan fingerprint density at radius 1 is 1.67 bits per heavy atom. The fourth-order valence-electron chi connectivity index (χ4n) is 1.03. The van der Waals surface area contributed by atoms with E-state index in [9.17, 15) is 13.6 Å². The van der Waals surface area contributed by atoms with Crippen molar-refractivity contribution < 1.29 is 18.7 Å².